The van der Waals surface area contributed by atoms with Gasteiger partial charge < -0.3 is 16.0 Å². The number of nitrogens with one attached hydrogen (secondary N) is 3. The average Bonchev–Trinajstić information content (AvgIpc) is 2.14. The molecule has 0 radical (unpaired) electrons. The molecule has 0 aliphatic heterocycles. The summed E-state index contributed by atoms with van der Waals surface area (Å²) >= 11 is 0. The standard InChI is InChI=1S/C9H21N3/c1-6-9(11-4,12-5)7-8(2)10-3/h10-12H,2,6-7H2,1,3-5H3. The Kier molecular flexibility index (Phi) is 4.93. The van der Waals surface area contributed by atoms with Gasteiger partial charge in [0.15, 0.2) is 0 Å². The van der Waals surface area contributed by atoms with Gasteiger partial charge in [-0.2, -0.15) is 0 Å². The van der Waals surface area contributed by atoms with Gasteiger partial charge in [0.2, 0.25) is 0 Å². The van der Waals surface area contributed by atoms with Crippen molar-refractivity contribution in [3.63, 3.8) is 0 Å². The molecule has 0 unspecified atom stereocenters. The summed E-state index contributed by atoms with van der Waals surface area (Å²) in [6.07, 6.45) is 1.92. The second-order valence-electron chi connectivity index (χ2n) is 2.97. The Hall–Kier alpha value is -0.540. The van der Waals surface area contributed by atoms with Gasteiger partial charge in [-0.3, -0.25) is 0 Å². The van der Waals surface area contributed by atoms with Crippen LogP contribution in [0.2, 0.25) is 0 Å². The molecule has 0 aromatic rings. The molecule has 12 heavy (non-hydrogen) atoms. The van der Waals surface area contributed by atoms with Gasteiger partial charge in [0.25, 0.3) is 0 Å². The predicted molar refractivity (Wildman–Crippen MR) is 54.0 cm³/mol. The molecule has 3 N–H and O–H groups in total. The molecule has 0 heterocycles. The van der Waals surface area contributed by atoms with Gasteiger partial charge in [-0.25, -0.2) is 0 Å². The van der Waals surface area contributed by atoms with E-state index in [0.717, 1.165) is 18.5 Å². The molecule has 3 nitrogen and oxygen atoms in total. The maximum atomic E-state index is 3.91. The van der Waals surface area contributed by atoms with Crippen molar-refractivity contribution in [1.29, 1.82) is 0 Å². The summed E-state index contributed by atoms with van der Waals surface area (Å²) in [5, 5.41) is 9.59. The van der Waals surface area contributed by atoms with E-state index in [4.69, 9.17) is 0 Å². The van der Waals surface area contributed by atoms with Gasteiger partial charge >= 0.3 is 0 Å². The highest BCUT2D eigenvalue weighted by molar-refractivity contribution is 4.99. The maximum Gasteiger partial charge on any atom is 0.0735 e. The van der Waals surface area contributed by atoms with Gasteiger partial charge in [0.05, 0.1) is 5.66 Å². The maximum absolute atomic E-state index is 3.91. The van der Waals surface area contributed by atoms with Crippen LogP contribution >= 0.6 is 0 Å². The lowest BCUT2D eigenvalue weighted by atomic mass is 10.0. The van der Waals surface area contributed by atoms with E-state index in [1.807, 2.05) is 21.1 Å². The first-order valence-electron chi connectivity index (χ1n) is 4.37. The molecule has 0 fully saturated rings. The quantitative estimate of drug-likeness (QED) is 0.514. The van der Waals surface area contributed by atoms with E-state index >= 15 is 0 Å². The highest BCUT2D eigenvalue weighted by Gasteiger charge is 2.23. The molecule has 0 aromatic carbocycles. The summed E-state index contributed by atoms with van der Waals surface area (Å²) in [7, 11) is 5.82. The van der Waals surface area contributed by atoms with Crippen molar-refractivity contribution < 1.29 is 0 Å². The minimum atomic E-state index is -0.0138. The fraction of sp³-hybridized carbons (Fsp3) is 0.778. The molecule has 72 valence electrons. The first-order chi connectivity index (χ1) is 5.64. The Morgan fingerprint density at radius 3 is 2.00 bits per heavy atom. The van der Waals surface area contributed by atoms with E-state index < -0.39 is 0 Å². The highest BCUT2D eigenvalue weighted by atomic mass is 15.2. The molecule has 0 aliphatic carbocycles. The summed E-state index contributed by atoms with van der Waals surface area (Å²) in [5.41, 5.74) is 1.03. The first-order valence-corrected chi connectivity index (χ1v) is 4.37. The zero-order valence-corrected chi connectivity index (χ0v) is 8.62. The van der Waals surface area contributed by atoms with E-state index in [1.54, 1.807) is 0 Å². The van der Waals surface area contributed by atoms with Crippen LogP contribution in [-0.4, -0.2) is 26.8 Å². The molecular weight excluding hydrogens is 150 g/mol. The van der Waals surface area contributed by atoms with Crippen molar-refractivity contribution in [2.24, 2.45) is 0 Å². The van der Waals surface area contributed by atoms with Gasteiger partial charge in [0.1, 0.15) is 0 Å². The van der Waals surface area contributed by atoms with Crippen molar-refractivity contribution >= 4 is 0 Å². The topological polar surface area (TPSA) is 36.1 Å². The first kappa shape index (κ1) is 11.5. The van der Waals surface area contributed by atoms with Gasteiger partial charge in [-0.1, -0.05) is 13.5 Å². The normalized spacial score (nSPS) is 11.3. The predicted octanol–water partition coefficient (Wildman–Crippen LogP) is 0.655. The molecule has 0 saturated carbocycles. The fourth-order valence-electron chi connectivity index (χ4n) is 1.23. The van der Waals surface area contributed by atoms with Gasteiger partial charge in [-0.15, -0.1) is 0 Å². The van der Waals surface area contributed by atoms with Crippen molar-refractivity contribution in [3.05, 3.63) is 12.3 Å². The highest BCUT2D eigenvalue weighted by Crippen LogP contribution is 2.13. The fourth-order valence-corrected chi connectivity index (χ4v) is 1.23. The summed E-state index contributed by atoms with van der Waals surface area (Å²) in [6.45, 7) is 6.06. The third-order valence-electron chi connectivity index (χ3n) is 2.43. The van der Waals surface area contributed by atoms with Crippen LogP contribution in [0.4, 0.5) is 0 Å². The van der Waals surface area contributed by atoms with Crippen LogP contribution in [0.15, 0.2) is 12.3 Å². The van der Waals surface area contributed by atoms with Crippen molar-refractivity contribution in [2.45, 2.75) is 25.4 Å². The number of hydrogen-bond donors (Lipinski definition) is 3. The van der Waals surface area contributed by atoms with Gasteiger partial charge in [0, 0.05) is 19.2 Å². The van der Waals surface area contributed by atoms with Crippen LogP contribution in [0.1, 0.15) is 19.8 Å². The number of rotatable bonds is 6. The van der Waals surface area contributed by atoms with E-state index in [9.17, 15) is 0 Å². The lowest BCUT2D eigenvalue weighted by Crippen LogP contribution is -2.54. The van der Waals surface area contributed by atoms with Crippen molar-refractivity contribution in [2.75, 3.05) is 21.1 Å². The monoisotopic (exact) mass is 171 g/mol. The summed E-state index contributed by atoms with van der Waals surface area (Å²) in [6, 6.07) is 0. The Labute approximate surface area is 75.6 Å². The molecule has 0 atom stereocenters. The van der Waals surface area contributed by atoms with Crippen LogP contribution in [0.5, 0.6) is 0 Å². The van der Waals surface area contributed by atoms with Crippen LogP contribution in [0.3, 0.4) is 0 Å². The van der Waals surface area contributed by atoms with Crippen molar-refractivity contribution in [1.82, 2.24) is 16.0 Å². The molecule has 0 spiro atoms. The van der Waals surface area contributed by atoms with E-state index in [1.165, 1.54) is 0 Å². The van der Waals surface area contributed by atoms with E-state index in [0.29, 0.717) is 0 Å². The molecule has 0 aliphatic rings. The Morgan fingerprint density at radius 1 is 1.25 bits per heavy atom. The smallest absolute Gasteiger partial charge is 0.0735 e. The third-order valence-corrected chi connectivity index (χ3v) is 2.43. The summed E-state index contributed by atoms with van der Waals surface area (Å²) in [4.78, 5) is 0. The van der Waals surface area contributed by atoms with Crippen LogP contribution in [0.25, 0.3) is 0 Å². The molecule has 3 heteroatoms. The van der Waals surface area contributed by atoms with Crippen molar-refractivity contribution in [3.8, 4) is 0 Å². The minimum Gasteiger partial charge on any atom is -0.392 e. The van der Waals surface area contributed by atoms with Gasteiger partial charge in [-0.05, 0) is 20.5 Å². The largest absolute Gasteiger partial charge is 0.392 e. The molecule has 0 aromatic heterocycles. The number of hydrogen-bond acceptors (Lipinski definition) is 3. The zero-order valence-electron chi connectivity index (χ0n) is 8.62. The van der Waals surface area contributed by atoms with E-state index in [-0.39, 0.29) is 5.66 Å². The van der Waals surface area contributed by atoms with Crippen LogP contribution in [-0.2, 0) is 0 Å². The molecule has 0 rings (SSSR count). The molecular formula is C9H21N3. The molecule has 0 bridgehead atoms. The Morgan fingerprint density at radius 2 is 1.75 bits per heavy atom. The SMILES string of the molecule is C=C(CC(CC)(NC)NC)NC. The minimum absolute atomic E-state index is 0.0138. The zero-order chi connectivity index (χ0) is 9.61. The average molecular weight is 171 g/mol. The second-order valence-corrected chi connectivity index (χ2v) is 2.97. The molecule has 0 amide bonds. The Balaban J connectivity index is 4.19. The summed E-state index contributed by atoms with van der Waals surface area (Å²) < 4.78 is 0. The lowest BCUT2D eigenvalue weighted by molar-refractivity contribution is 0.278. The summed E-state index contributed by atoms with van der Waals surface area (Å²) in [5.74, 6) is 0. The van der Waals surface area contributed by atoms with Crippen LogP contribution < -0.4 is 16.0 Å². The molecule has 0 saturated heterocycles. The lowest BCUT2D eigenvalue weighted by Gasteiger charge is -2.32. The Bertz CT molecular complexity index is 130. The van der Waals surface area contributed by atoms with Crippen LogP contribution in [0, 0.1) is 0 Å². The third kappa shape index (κ3) is 2.83. The van der Waals surface area contributed by atoms with E-state index in [2.05, 4.69) is 29.5 Å². The second kappa shape index (κ2) is 5.17.